The molecule has 0 unspecified atom stereocenters. The quantitative estimate of drug-likeness (QED) is 0.194. The monoisotopic (exact) mass is 179 g/mol. The van der Waals surface area contributed by atoms with Crippen LogP contribution in [-0.4, -0.2) is 16.8 Å². The topological polar surface area (TPSA) is 87.7 Å². The number of hydrogen-bond donors (Lipinski definition) is 3. The van der Waals surface area contributed by atoms with Gasteiger partial charge in [0.2, 0.25) is 0 Å². The molecule has 0 spiro atoms. The largest absolute Gasteiger partial charge is 0.410 e. The van der Waals surface area contributed by atoms with Gasteiger partial charge in [-0.25, -0.2) is 5.84 Å². The predicted molar refractivity (Wildman–Crippen MR) is 47.1 cm³/mol. The van der Waals surface area contributed by atoms with Crippen molar-refractivity contribution >= 4 is 11.6 Å². The van der Waals surface area contributed by atoms with Crippen LogP contribution >= 0.6 is 0 Å². The summed E-state index contributed by atoms with van der Waals surface area (Å²) in [5, 5.41) is 11.4. The van der Waals surface area contributed by atoms with E-state index in [9.17, 15) is 4.79 Å². The standard InChI is InChI=1S/C8H9N3O2/c9-10-8(12)7(11-13)6-4-2-1-3-5-6/h1-5,13H,9H2,(H,10,12)/b11-7+. The molecule has 1 aromatic carbocycles. The third-order valence-corrected chi connectivity index (χ3v) is 1.49. The highest BCUT2D eigenvalue weighted by atomic mass is 16.4. The van der Waals surface area contributed by atoms with Gasteiger partial charge in [0.15, 0.2) is 5.71 Å². The fraction of sp³-hybridized carbons (Fsp3) is 0. The maximum atomic E-state index is 11.0. The van der Waals surface area contributed by atoms with Gasteiger partial charge < -0.3 is 5.21 Å². The number of nitrogens with zero attached hydrogens (tertiary/aromatic N) is 1. The van der Waals surface area contributed by atoms with E-state index in [1.54, 1.807) is 30.3 Å². The number of rotatable bonds is 2. The average molecular weight is 179 g/mol. The van der Waals surface area contributed by atoms with E-state index < -0.39 is 5.91 Å². The Kier molecular flexibility index (Phi) is 2.99. The molecule has 0 fully saturated rings. The maximum absolute atomic E-state index is 11.0. The summed E-state index contributed by atoms with van der Waals surface area (Å²) in [5.74, 6) is 4.26. The minimum atomic E-state index is -0.631. The maximum Gasteiger partial charge on any atom is 0.287 e. The van der Waals surface area contributed by atoms with Crippen LogP contribution in [0.3, 0.4) is 0 Å². The summed E-state index contributed by atoms with van der Waals surface area (Å²) in [6.07, 6.45) is 0. The van der Waals surface area contributed by atoms with Crippen LogP contribution in [0.5, 0.6) is 0 Å². The lowest BCUT2D eigenvalue weighted by molar-refractivity contribution is -0.114. The SMILES string of the molecule is NNC(=O)/C(=N/O)c1ccccc1. The van der Waals surface area contributed by atoms with E-state index >= 15 is 0 Å². The molecule has 68 valence electrons. The van der Waals surface area contributed by atoms with E-state index in [-0.39, 0.29) is 5.71 Å². The van der Waals surface area contributed by atoms with Crippen LogP contribution in [0.4, 0.5) is 0 Å². The summed E-state index contributed by atoms with van der Waals surface area (Å²) in [5.41, 5.74) is 2.28. The van der Waals surface area contributed by atoms with E-state index in [2.05, 4.69) is 5.16 Å². The van der Waals surface area contributed by atoms with Crippen molar-refractivity contribution in [3.05, 3.63) is 35.9 Å². The second kappa shape index (κ2) is 4.22. The van der Waals surface area contributed by atoms with Crippen molar-refractivity contribution in [2.24, 2.45) is 11.0 Å². The number of nitrogens with two attached hydrogens (primary N) is 1. The molecule has 0 aliphatic rings. The Hall–Kier alpha value is -1.88. The van der Waals surface area contributed by atoms with E-state index in [1.807, 2.05) is 5.43 Å². The van der Waals surface area contributed by atoms with Crippen molar-refractivity contribution < 1.29 is 10.0 Å². The van der Waals surface area contributed by atoms with Crippen molar-refractivity contribution in [2.45, 2.75) is 0 Å². The van der Waals surface area contributed by atoms with Crippen LogP contribution in [-0.2, 0) is 4.79 Å². The molecular formula is C8H9N3O2. The van der Waals surface area contributed by atoms with Gasteiger partial charge in [-0.15, -0.1) is 0 Å². The lowest BCUT2D eigenvalue weighted by Crippen LogP contribution is -2.36. The number of amides is 1. The third-order valence-electron chi connectivity index (χ3n) is 1.49. The van der Waals surface area contributed by atoms with Gasteiger partial charge in [0.05, 0.1) is 0 Å². The molecule has 0 radical (unpaired) electrons. The second-order valence-corrected chi connectivity index (χ2v) is 2.29. The normalized spacial score (nSPS) is 11.0. The highest BCUT2D eigenvalue weighted by Crippen LogP contribution is 2.00. The fourth-order valence-electron chi connectivity index (χ4n) is 0.899. The molecule has 1 aromatic rings. The Bertz CT molecular complexity index is 321. The van der Waals surface area contributed by atoms with Gasteiger partial charge in [-0.1, -0.05) is 35.5 Å². The Morgan fingerprint density at radius 2 is 2.00 bits per heavy atom. The summed E-state index contributed by atoms with van der Waals surface area (Å²) >= 11 is 0. The zero-order valence-electron chi connectivity index (χ0n) is 6.77. The van der Waals surface area contributed by atoms with Crippen LogP contribution in [0.1, 0.15) is 5.56 Å². The second-order valence-electron chi connectivity index (χ2n) is 2.29. The zero-order chi connectivity index (χ0) is 9.68. The molecule has 5 heteroatoms. The van der Waals surface area contributed by atoms with Gasteiger partial charge in [0.1, 0.15) is 0 Å². The summed E-state index contributed by atoms with van der Waals surface area (Å²) < 4.78 is 0. The summed E-state index contributed by atoms with van der Waals surface area (Å²) in [6, 6.07) is 8.53. The minimum Gasteiger partial charge on any atom is -0.410 e. The van der Waals surface area contributed by atoms with Crippen LogP contribution < -0.4 is 11.3 Å². The third kappa shape index (κ3) is 2.03. The molecule has 0 aliphatic heterocycles. The van der Waals surface area contributed by atoms with Gasteiger partial charge in [-0.05, 0) is 0 Å². The lowest BCUT2D eigenvalue weighted by atomic mass is 10.1. The molecule has 1 rings (SSSR count). The molecule has 0 saturated carbocycles. The van der Waals surface area contributed by atoms with Gasteiger partial charge in [-0.3, -0.25) is 10.2 Å². The zero-order valence-corrected chi connectivity index (χ0v) is 6.77. The number of hydrazine groups is 1. The van der Waals surface area contributed by atoms with Gasteiger partial charge in [0, 0.05) is 5.56 Å². The Morgan fingerprint density at radius 1 is 1.38 bits per heavy atom. The van der Waals surface area contributed by atoms with Gasteiger partial charge in [0.25, 0.3) is 5.91 Å². The van der Waals surface area contributed by atoms with Crippen LogP contribution in [0.25, 0.3) is 0 Å². The first-order chi connectivity index (χ1) is 6.29. The predicted octanol–water partition coefficient (Wildman–Crippen LogP) is -0.145. The molecule has 13 heavy (non-hydrogen) atoms. The smallest absolute Gasteiger partial charge is 0.287 e. The number of hydrogen-bond acceptors (Lipinski definition) is 4. The van der Waals surface area contributed by atoms with Gasteiger partial charge in [-0.2, -0.15) is 0 Å². The molecule has 4 N–H and O–H groups in total. The summed E-state index contributed by atoms with van der Waals surface area (Å²) in [6.45, 7) is 0. The van der Waals surface area contributed by atoms with Gasteiger partial charge >= 0.3 is 0 Å². The molecule has 0 aromatic heterocycles. The molecule has 0 heterocycles. The van der Waals surface area contributed by atoms with Crippen molar-refractivity contribution in [3.8, 4) is 0 Å². The molecule has 0 aliphatic carbocycles. The van der Waals surface area contributed by atoms with E-state index in [1.165, 1.54) is 0 Å². The highest BCUT2D eigenvalue weighted by molar-refractivity contribution is 6.45. The number of benzene rings is 1. The molecule has 0 atom stereocenters. The van der Waals surface area contributed by atoms with E-state index in [4.69, 9.17) is 11.0 Å². The highest BCUT2D eigenvalue weighted by Gasteiger charge is 2.12. The first-order valence-corrected chi connectivity index (χ1v) is 3.58. The van der Waals surface area contributed by atoms with Crippen LogP contribution in [0, 0.1) is 0 Å². The fourth-order valence-corrected chi connectivity index (χ4v) is 0.899. The number of nitrogens with one attached hydrogen (secondary N) is 1. The van der Waals surface area contributed by atoms with Crippen LogP contribution in [0.2, 0.25) is 0 Å². The summed E-state index contributed by atoms with van der Waals surface area (Å²) in [7, 11) is 0. The van der Waals surface area contributed by atoms with Crippen molar-refractivity contribution in [2.75, 3.05) is 0 Å². The molecule has 5 nitrogen and oxygen atoms in total. The molecular weight excluding hydrogens is 170 g/mol. The van der Waals surface area contributed by atoms with E-state index in [0.717, 1.165) is 0 Å². The lowest BCUT2D eigenvalue weighted by Gasteiger charge is -2.01. The molecule has 0 bridgehead atoms. The summed E-state index contributed by atoms with van der Waals surface area (Å²) in [4.78, 5) is 11.0. The molecule has 1 amide bonds. The minimum absolute atomic E-state index is 0.108. The first kappa shape index (κ1) is 9.21. The van der Waals surface area contributed by atoms with Crippen molar-refractivity contribution in [1.82, 2.24) is 5.43 Å². The Morgan fingerprint density at radius 3 is 2.46 bits per heavy atom. The number of oxime groups is 1. The molecule has 0 saturated heterocycles. The Balaban J connectivity index is 3.00. The first-order valence-electron chi connectivity index (χ1n) is 3.58. The number of carbonyl (C=O) groups excluding carboxylic acids is 1. The van der Waals surface area contributed by atoms with Crippen molar-refractivity contribution in [1.29, 1.82) is 0 Å². The Labute approximate surface area is 74.8 Å². The van der Waals surface area contributed by atoms with Crippen LogP contribution in [0.15, 0.2) is 35.5 Å². The number of carbonyl (C=O) groups is 1. The average Bonchev–Trinajstić information content (AvgIpc) is 2.20. The van der Waals surface area contributed by atoms with Crippen molar-refractivity contribution in [3.63, 3.8) is 0 Å². The van der Waals surface area contributed by atoms with E-state index in [0.29, 0.717) is 5.56 Å².